The molecule has 1 aliphatic heterocycles. The molecule has 1 amide bonds. The second-order valence-corrected chi connectivity index (χ2v) is 7.41. The van der Waals surface area contributed by atoms with Crippen molar-refractivity contribution in [2.24, 2.45) is 5.92 Å². The standard InChI is InChI=1S/C18H29N3O3/c1-14-9-10-19-16(20-14)23-12-6-8-15-7-5-11-21(13-15)17(22)24-18(2,3)4/h9-10,15H,5-8,11-13H2,1-4H3/t15-/m0/s1. The number of carbonyl (C=O) groups is 1. The van der Waals surface area contributed by atoms with Crippen LogP contribution >= 0.6 is 0 Å². The minimum absolute atomic E-state index is 0.198. The minimum atomic E-state index is -0.439. The van der Waals surface area contributed by atoms with Gasteiger partial charge in [-0.3, -0.25) is 0 Å². The molecule has 134 valence electrons. The molecule has 0 saturated carbocycles. The van der Waals surface area contributed by atoms with Gasteiger partial charge in [0.15, 0.2) is 0 Å². The van der Waals surface area contributed by atoms with Gasteiger partial charge >= 0.3 is 12.1 Å². The second-order valence-electron chi connectivity index (χ2n) is 7.41. The molecule has 6 heteroatoms. The van der Waals surface area contributed by atoms with Gasteiger partial charge < -0.3 is 14.4 Å². The summed E-state index contributed by atoms with van der Waals surface area (Å²) in [7, 11) is 0. The Kier molecular flexibility index (Phi) is 6.40. The summed E-state index contributed by atoms with van der Waals surface area (Å²) in [6.45, 7) is 9.79. The normalized spacial score (nSPS) is 18.3. The predicted octanol–water partition coefficient (Wildman–Crippen LogP) is 3.59. The van der Waals surface area contributed by atoms with E-state index in [1.54, 1.807) is 6.20 Å². The first-order valence-electron chi connectivity index (χ1n) is 8.74. The van der Waals surface area contributed by atoms with Crippen LogP contribution in [-0.2, 0) is 4.74 Å². The Morgan fingerprint density at radius 2 is 2.21 bits per heavy atom. The molecule has 24 heavy (non-hydrogen) atoms. The zero-order valence-corrected chi connectivity index (χ0v) is 15.2. The van der Waals surface area contributed by atoms with Gasteiger partial charge in [-0.25, -0.2) is 14.8 Å². The maximum atomic E-state index is 12.2. The lowest BCUT2D eigenvalue weighted by molar-refractivity contribution is 0.0159. The van der Waals surface area contributed by atoms with Crippen LogP contribution in [0.15, 0.2) is 12.3 Å². The number of aryl methyl sites for hydroxylation is 1. The third-order valence-electron chi connectivity index (χ3n) is 3.93. The molecule has 1 aromatic heterocycles. The Bertz CT molecular complexity index is 543. The predicted molar refractivity (Wildman–Crippen MR) is 92.0 cm³/mol. The highest BCUT2D eigenvalue weighted by molar-refractivity contribution is 5.68. The first-order valence-corrected chi connectivity index (χ1v) is 8.74. The van der Waals surface area contributed by atoms with Crippen LogP contribution in [0.4, 0.5) is 4.79 Å². The largest absolute Gasteiger partial charge is 0.463 e. The molecule has 1 aromatic rings. The summed E-state index contributed by atoms with van der Waals surface area (Å²) in [5.41, 5.74) is 0.464. The summed E-state index contributed by atoms with van der Waals surface area (Å²) in [6.07, 6.45) is 5.66. The number of likely N-dealkylation sites (tertiary alicyclic amines) is 1. The van der Waals surface area contributed by atoms with Crippen LogP contribution < -0.4 is 4.74 Å². The summed E-state index contributed by atoms with van der Waals surface area (Å²) in [5, 5.41) is 0. The van der Waals surface area contributed by atoms with Crippen LogP contribution in [0.1, 0.15) is 52.1 Å². The third kappa shape index (κ3) is 6.34. The molecule has 1 saturated heterocycles. The van der Waals surface area contributed by atoms with Crippen LogP contribution in [-0.4, -0.2) is 46.3 Å². The molecule has 1 fully saturated rings. The summed E-state index contributed by atoms with van der Waals surface area (Å²) >= 11 is 0. The average molecular weight is 335 g/mol. The number of carbonyl (C=O) groups excluding carboxylic acids is 1. The Morgan fingerprint density at radius 1 is 1.42 bits per heavy atom. The van der Waals surface area contributed by atoms with Gasteiger partial charge in [-0.05, 0) is 65.4 Å². The number of hydrogen-bond acceptors (Lipinski definition) is 5. The lowest BCUT2D eigenvalue weighted by Gasteiger charge is -2.34. The molecule has 0 spiro atoms. The summed E-state index contributed by atoms with van der Waals surface area (Å²) in [5.74, 6) is 0.508. The van der Waals surface area contributed by atoms with E-state index in [2.05, 4.69) is 9.97 Å². The van der Waals surface area contributed by atoms with Crippen molar-refractivity contribution in [3.8, 4) is 6.01 Å². The van der Waals surface area contributed by atoms with E-state index in [9.17, 15) is 4.79 Å². The Hall–Kier alpha value is -1.85. The second kappa shape index (κ2) is 8.31. The lowest BCUT2D eigenvalue weighted by atomic mass is 9.94. The van der Waals surface area contributed by atoms with Crippen LogP contribution in [0.5, 0.6) is 6.01 Å². The third-order valence-corrected chi connectivity index (χ3v) is 3.93. The van der Waals surface area contributed by atoms with Crippen molar-refractivity contribution in [2.45, 2.75) is 59.0 Å². The van der Waals surface area contributed by atoms with E-state index in [-0.39, 0.29) is 6.09 Å². The zero-order valence-electron chi connectivity index (χ0n) is 15.2. The molecule has 1 aliphatic rings. The highest BCUT2D eigenvalue weighted by Crippen LogP contribution is 2.22. The summed E-state index contributed by atoms with van der Waals surface area (Å²) < 4.78 is 11.1. The fraction of sp³-hybridized carbons (Fsp3) is 0.722. The van der Waals surface area contributed by atoms with Crippen molar-refractivity contribution in [3.63, 3.8) is 0 Å². The van der Waals surface area contributed by atoms with Gasteiger partial charge in [-0.15, -0.1) is 0 Å². The van der Waals surface area contributed by atoms with E-state index in [1.807, 2.05) is 38.7 Å². The van der Waals surface area contributed by atoms with E-state index >= 15 is 0 Å². The van der Waals surface area contributed by atoms with E-state index in [1.165, 1.54) is 0 Å². The molecular formula is C18H29N3O3. The van der Waals surface area contributed by atoms with E-state index < -0.39 is 5.60 Å². The fourth-order valence-electron chi connectivity index (χ4n) is 2.82. The smallest absolute Gasteiger partial charge is 0.410 e. The monoisotopic (exact) mass is 335 g/mol. The van der Waals surface area contributed by atoms with Gasteiger partial charge in [0, 0.05) is 25.0 Å². The molecular weight excluding hydrogens is 306 g/mol. The summed E-state index contributed by atoms with van der Waals surface area (Å²) in [6, 6.07) is 2.29. The highest BCUT2D eigenvalue weighted by atomic mass is 16.6. The Labute approximate surface area is 144 Å². The molecule has 0 aromatic carbocycles. The van der Waals surface area contributed by atoms with E-state index in [0.717, 1.165) is 44.5 Å². The maximum Gasteiger partial charge on any atom is 0.410 e. The lowest BCUT2D eigenvalue weighted by Crippen LogP contribution is -2.42. The molecule has 1 atom stereocenters. The SMILES string of the molecule is Cc1ccnc(OCCC[C@@H]2CCCN(C(=O)OC(C)(C)C)C2)n1. The maximum absolute atomic E-state index is 12.2. The van der Waals surface area contributed by atoms with Crippen molar-refractivity contribution in [3.05, 3.63) is 18.0 Å². The van der Waals surface area contributed by atoms with Crippen molar-refractivity contribution < 1.29 is 14.3 Å². The van der Waals surface area contributed by atoms with Crippen molar-refractivity contribution in [2.75, 3.05) is 19.7 Å². The molecule has 2 rings (SSSR count). The fourth-order valence-corrected chi connectivity index (χ4v) is 2.82. The zero-order chi connectivity index (χ0) is 17.6. The number of nitrogens with zero attached hydrogens (tertiary/aromatic N) is 3. The minimum Gasteiger partial charge on any atom is -0.463 e. The number of piperidine rings is 1. The molecule has 0 bridgehead atoms. The van der Waals surface area contributed by atoms with Crippen molar-refractivity contribution in [1.82, 2.24) is 14.9 Å². The van der Waals surface area contributed by atoms with Crippen LogP contribution in [0.3, 0.4) is 0 Å². The number of hydrogen-bond donors (Lipinski definition) is 0. The molecule has 0 radical (unpaired) electrons. The number of aromatic nitrogens is 2. The number of amides is 1. The van der Waals surface area contributed by atoms with Crippen LogP contribution in [0.25, 0.3) is 0 Å². The van der Waals surface area contributed by atoms with Crippen molar-refractivity contribution in [1.29, 1.82) is 0 Å². The van der Waals surface area contributed by atoms with Gasteiger partial charge in [0.25, 0.3) is 0 Å². The van der Waals surface area contributed by atoms with Gasteiger partial charge in [0.2, 0.25) is 0 Å². The molecule has 0 unspecified atom stereocenters. The number of rotatable bonds is 5. The quantitative estimate of drug-likeness (QED) is 0.769. The van der Waals surface area contributed by atoms with Gasteiger partial charge in [-0.2, -0.15) is 0 Å². The van der Waals surface area contributed by atoms with E-state index in [4.69, 9.17) is 9.47 Å². The molecule has 0 aliphatic carbocycles. The van der Waals surface area contributed by atoms with Gasteiger partial charge in [0.1, 0.15) is 5.60 Å². The van der Waals surface area contributed by atoms with Crippen molar-refractivity contribution >= 4 is 6.09 Å². The van der Waals surface area contributed by atoms with Crippen LogP contribution in [0, 0.1) is 12.8 Å². The highest BCUT2D eigenvalue weighted by Gasteiger charge is 2.27. The average Bonchev–Trinajstić information content (AvgIpc) is 2.50. The van der Waals surface area contributed by atoms with E-state index in [0.29, 0.717) is 18.5 Å². The number of ether oxygens (including phenoxy) is 2. The van der Waals surface area contributed by atoms with Gasteiger partial charge in [-0.1, -0.05) is 0 Å². The Balaban J connectivity index is 1.70. The first-order chi connectivity index (χ1) is 11.3. The Morgan fingerprint density at radius 3 is 2.92 bits per heavy atom. The first kappa shape index (κ1) is 18.5. The topological polar surface area (TPSA) is 64.5 Å². The molecule has 2 heterocycles. The van der Waals surface area contributed by atoms with Gasteiger partial charge in [0.05, 0.1) is 6.61 Å². The molecule has 6 nitrogen and oxygen atoms in total. The summed E-state index contributed by atoms with van der Waals surface area (Å²) in [4.78, 5) is 22.3. The van der Waals surface area contributed by atoms with Crippen LogP contribution in [0.2, 0.25) is 0 Å². The molecule has 0 N–H and O–H groups in total.